The van der Waals surface area contributed by atoms with Crippen molar-refractivity contribution < 1.29 is 0 Å². The molecule has 0 radical (unpaired) electrons. The Morgan fingerprint density at radius 1 is 1.08 bits per heavy atom. The summed E-state index contributed by atoms with van der Waals surface area (Å²) in [6.45, 7) is 5.25. The maximum Gasteiger partial charge on any atom is 0.0648 e. The quantitative estimate of drug-likeness (QED) is 0.551. The summed E-state index contributed by atoms with van der Waals surface area (Å²) in [6, 6.07) is 18.6. The minimum Gasteiger partial charge on any atom is -0.309 e. The van der Waals surface area contributed by atoms with Gasteiger partial charge in [-0.2, -0.15) is 5.10 Å². The molecule has 25 heavy (non-hydrogen) atoms. The smallest absolute Gasteiger partial charge is 0.0648 e. The molecule has 1 N–H and O–H groups in total. The molecular formula is C21H28ClN3. The van der Waals surface area contributed by atoms with Crippen LogP contribution < -0.4 is 5.43 Å². The fraction of sp³-hybridized carbons (Fsp3) is 0.286. The molecule has 0 saturated carbocycles. The minimum absolute atomic E-state index is 0. The number of hydrogen-bond donors (Lipinski definition) is 1. The molecule has 0 fully saturated rings. The Hall–Kier alpha value is -2.10. The van der Waals surface area contributed by atoms with E-state index in [1.165, 1.54) is 11.1 Å². The van der Waals surface area contributed by atoms with Crippen LogP contribution in [0.25, 0.3) is 6.08 Å². The molecule has 1 unspecified atom stereocenters. The predicted molar refractivity (Wildman–Crippen MR) is 113 cm³/mol. The van der Waals surface area contributed by atoms with Crippen molar-refractivity contribution in [1.82, 2.24) is 4.90 Å². The van der Waals surface area contributed by atoms with Crippen LogP contribution in [0.1, 0.15) is 18.1 Å². The molecule has 0 aliphatic heterocycles. The third-order valence-corrected chi connectivity index (χ3v) is 3.76. The number of nitrogens with zero attached hydrogens (tertiary/aromatic N) is 2. The van der Waals surface area contributed by atoms with Crippen molar-refractivity contribution in [2.45, 2.75) is 13.8 Å². The van der Waals surface area contributed by atoms with Gasteiger partial charge in [-0.05, 0) is 44.8 Å². The Bertz CT molecular complexity index is 676. The van der Waals surface area contributed by atoms with Crippen molar-refractivity contribution in [1.29, 1.82) is 0 Å². The number of anilines is 1. The van der Waals surface area contributed by atoms with Gasteiger partial charge in [-0.1, -0.05) is 61.0 Å². The van der Waals surface area contributed by atoms with Crippen molar-refractivity contribution in [3.05, 3.63) is 71.8 Å². The first-order valence-electron chi connectivity index (χ1n) is 8.32. The highest BCUT2D eigenvalue weighted by molar-refractivity contribution is 6.00. The van der Waals surface area contributed by atoms with E-state index in [0.717, 1.165) is 17.9 Å². The average molecular weight is 358 g/mol. The summed E-state index contributed by atoms with van der Waals surface area (Å²) in [5.41, 5.74) is 7.65. The van der Waals surface area contributed by atoms with Gasteiger partial charge in [0.1, 0.15) is 0 Å². The number of halogens is 1. The van der Waals surface area contributed by atoms with E-state index < -0.39 is 0 Å². The van der Waals surface area contributed by atoms with E-state index in [1.807, 2.05) is 30.3 Å². The summed E-state index contributed by atoms with van der Waals surface area (Å²) in [5.74, 6) is 0.331. The number of hydrazone groups is 1. The second-order valence-electron chi connectivity index (χ2n) is 6.42. The zero-order chi connectivity index (χ0) is 17.4. The van der Waals surface area contributed by atoms with Crippen molar-refractivity contribution >= 4 is 29.9 Å². The van der Waals surface area contributed by atoms with Gasteiger partial charge >= 0.3 is 0 Å². The van der Waals surface area contributed by atoms with E-state index >= 15 is 0 Å². The number of para-hydroxylation sites is 1. The van der Waals surface area contributed by atoms with Crippen LogP contribution in [0.4, 0.5) is 5.69 Å². The van der Waals surface area contributed by atoms with E-state index in [0.29, 0.717) is 5.92 Å². The Balaban J connectivity index is 0.00000312. The fourth-order valence-corrected chi connectivity index (χ4v) is 2.45. The Morgan fingerprint density at radius 2 is 1.72 bits per heavy atom. The van der Waals surface area contributed by atoms with Crippen LogP contribution in [0.5, 0.6) is 0 Å². The molecule has 0 heterocycles. The van der Waals surface area contributed by atoms with Crippen molar-refractivity contribution in [2.75, 3.05) is 26.1 Å². The number of benzene rings is 2. The number of nitrogens with one attached hydrogen (secondary N) is 1. The van der Waals surface area contributed by atoms with Crippen molar-refractivity contribution in [2.24, 2.45) is 11.0 Å². The molecule has 0 amide bonds. The van der Waals surface area contributed by atoms with E-state index in [2.05, 4.69) is 79.8 Å². The van der Waals surface area contributed by atoms with E-state index in [9.17, 15) is 0 Å². The lowest BCUT2D eigenvalue weighted by Crippen LogP contribution is -2.25. The molecule has 2 rings (SSSR count). The molecular weight excluding hydrogens is 330 g/mol. The van der Waals surface area contributed by atoms with Crippen LogP contribution in [0.3, 0.4) is 0 Å². The second kappa shape index (κ2) is 10.7. The molecule has 3 nitrogen and oxygen atoms in total. The van der Waals surface area contributed by atoms with E-state index in [4.69, 9.17) is 0 Å². The molecule has 0 aliphatic carbocycles. The standard InChI is InChI=1S/C21H27N3.ClH/c1-17-10-12-19(13-11-17)14-15-21(18(2)16-24(3)4)23-22-20-8-6-5-7-9-20;/h5-15,18,22H,16H2,1-4H3;1H/b15-14+,23-21-;. The molecule has 4 heteroatoms. The van der Waals surface area contributed by atoms with Crippen LogP contribution in [0.15, 0.2) is 65.8 Å². The Kier molecular flexibility index (Phi) is 8.96. The summed E-state index contributed by atoms with van der Waals surface area (Å²) < 4.78 is 0. The largest absolute Gasteiger partial charge is 0.309 e. The van der Waals surface area contributed by atoms with Gasteiger partial charge in [-0.3, -0.25) is 5.43 Å². The summed E-state index contributed by atoms with van der Waals surface area (Å²) in [7, 11) is 4.17. The highest BCUT2D eigenvalue weighted by Gasteiger charge is 2.09. The van der Waals surface area contributed by atoms with Gasteiger partial charge in [0, 0.05) is 12.5 Å². The molecule has 0 saturated heterocycles. The first-order chi connectivity index (χ1) is 11.5. The first-order valence-corrected chi connectivity index (χ1v) is 8.32. The van der Waals surface area contributed by atoms with Crippen LogP contribution in [-0.4, -0.2) is 31.3 Å². The zero-order valence-electron chi connectivity index (χ0n) is 15.4. The lowest BCUT2D eigenvalue weighted by molar-refractivity contribution is 0.381. The highest BCUT2D eigenvalue weighted by Crippen LogP contribution is 2.10. The fourth-order valence-electron chi connectivity index (χ4n) is 2.45. The van der Waals surface area contributed by atoms with Gasteiger partial charge in [-0.25, -0.2) is 0 Å². The summed E-state index contributed by atoms with van der Waals surface area (Å²) in [6.07, 6.45) is 4.23. The van der Waals surface area contributed by atoms with Crippen LogP contribution >= 0.6 is 12.4 Å². The number of hydrogen-bond acceptors (Lipinski definition) is 3. The zero-order valence-corrected chi connectivity index (χ0v) is 16.3. The Labute approximate surface area is 157 Å². The topological polar surface area (TPSA) is 27.6 Å². The second-order valence-corrected chi connectivity index (χ2v) is 6.42. The number of aryl methyl sites for hydroxylation is 1. The normalized spacial score (nSPS) is 12.9. The van der Waals surface area contributed by atoms with E-state index in [1.54, 1.807) is 0 Å². The number of rotatable bonds is 7. The lowest BCUT2D eigenvalue weighted by atomic mass is 10.0. The van der Waals surface area contributed by atoms with Gasteiger partial charge in [0.05, 0.1) is 11.4 Å². The molecule has 0 aliphatic rings. The highest BCUT2D eigenvalue weighted by atomic mass is 35.5. The summed E-state index contributed by atoms with van der Waals surface area (Å²) >= 11 is 0. The molecule has 0 spiro atoms. The van der Waals surface area contributed by atoms with Gasteiger partial charge in [0.15, 0.2) is 0 Å². The minimum atomic E-state index is 0. The van der Waals surface area contributed by atoms with Crippen molar-refractivity contribution in [3.63, 3.8) is 0 Å². The van der Waals surface area contributed by atoms with Crippen molar-refractivity contribution in [3.8, 4) is 0 Å². The summed E-state index contributed by atoms with van der Waals surface area (Å²) in [5, 5.41) is 4.63. The monoisotopic (exact) mass is 357 g/mol. The molecule has 2 aromatic rings. The van der Waals surface area contributed by atoms with Gasteiger partial charge < -0.3 is 4.90 Å². The SMILES string of the molecule is Cc1ccc(/C=C/C(=N/Nc2ccccc2)C(C)CN(C)C)cc1.Cl. The predicted octanol–water partition coefficient (Wildman–Crippen LogP) is 5.10. The van der Waals surface area contributed by atoms with Crippen LogP contribution in [0.2, 0.25) is 0 Å². The first kappa shape index (κ1) is 20.9. The van der Waals surface area contributed by atoms with Gasteiger partial charge in [0.25, 0.3) is 0 Å². The van der Waals surface area contributed by atoms with E-state index in [-0.39, 0.29) is 12.4 Å². The molecule has 134 valence electrons. The maximum atomic E-state index is 4.63. The molecule has 1 atom stereocenters. The number of allylic oxidation sites excluding steroid dienone is 1. The van der Waals surface area contributed by atoms with Gasteiger partial charge in [-0.15, -0.1) is 12.4 Å². The summed E-state index contributed by atoms with van der Waals surface area (Å²) in [4.78, 5) is 2.18. The van der Waals surface area contributed by atoms with Crippen LogP contribution in [-0.2, 0) is 0 Å². The van der Waals surface area contributed by atoms with Gasteiger partial charge in [0.2, 0.25) is 0 Å². The third kappa shape index (κ3) is 7.55. The molecule has 0 aromatic heterocycles. The average Bonchev–Trinajstić information content (AvgIpc) is 2.56. The molecule has 2 aromatic carbocycles. The maximum absolute atomic E-state index is 4.63. The Morgan fingerprint density at radius 3 is 2.32 bits per heavy atom. The van der Waals surface area contributed by atoms with Crippen LogP contribution in [0, 0.1) is 12.8 Å². The third-order valence-electron chi connectivity index (χ3n) is 3.76. The lowest BCUT2D eigenvalue weighted by Gasteiger charge is -2.17. The molecule has 0 bridgehead atoms.